The van der Waals surface area contributed by atoms with Gasteiger partial charge in [0.15, 0.2) is 9.84 Å². The summed E-state index contributed by atoms with van der Waals surface area (Å²) in [6, 6.07) is 4.20. The molecule has 0 bridgehead atoms. The predicted molar refractivity (Wildman–Crippen MR) is 85.0 cm³/mol. The quantitative estimate of drug-likeness (QED) is 0.592. The largest absolute Gasteiger partial charge is 0.399 e. The highest BCUT2D eigenvalue weighted by Crippen LogP contribution is 2.27. The van der Waals surface area contributed by atoms with Crippen molar-refractivity contribution in [2.45, 2.75) is 43.3 Å². The monoisotopic (exact) mass is 332 g/mol. The van der Waals surface area contributed by atoms with Gasteiger partial charge in [-0.2, -0.15) is 0 Å². The summed E-state index contributed by atoms with van der Waals surface area (Å²) in [5.41, 5.74) is 5.88. The van der Waals surface area contributed by atoms with Crippen LogP contribution in [0.5, 0.6) is 0 Å². The standard InChI is InChI=1S/C14H21ClN2O3S/c1-3-4-5-8-17-14(18)10(2)21(19,20)13-9-11(16)6-7-12(13)15/h6-7,9-10H,3-5,8,16H2,1-2H3,(H,17,18). The second kappa shape index (κ2) is 7.66. The van der Waals surface area contributed by atoms with E-state index in [0.717, 1.165) is 19.3 Å². The maximum Gasteiger partial charge on any atom is 0.238 e. The van der Waals surface area contributed by atoms with Crippen LogP contribution in [0.4, 0.5) is 5.69 Å². The Morgan fingerprint density at radius 1 is 1.38 bits per heavy atom. The van der Waals surface area contributed by atoms with Gasteiger partial charge < -0.3 is 11.1 Å². The summed E-state index contributed by atoms with van der Waals surface area (Å²) in [6.45, 7) is 3.87. The second-order valence-corrected chi connectivity index (χ2v) is 7.52. The van der Waals surface area contributed by atoms with E-state index in [4.69, 9.17) is 17.3 Å². The van der Waals surface area contributed by atoms with Crippen molar-refractivity contribution < 1.29 is 13.2 Å². The molecule has 1 rings (SSSR count). The number of hydrogen-bond donors (Lipinski definition) is 2. The van der Waals surface area contributed by atoms with E-state index in [0.29, 0.717) is 6.54 Å². The number of nitrogens with one attached hydrogen (secondary N) is 1. The van der Waals surface area contributed by atoms with Crippen LogP contribution >= 0.6 is 11.6 Å². The second-order valence-electron chi connectivity index (χ2n) is 4.88. The average Bonchev–Trinajstić information content (AvgIpc) is 2.45. The number of halogens is 1. The highest BCUT2D eigenvalue weighted by molar-refractivity contribution is 7.92. The van der Waals surface area contributed by atoms with Crippen LogP contribution in [0.1, 0.15) is 33.1 Å². The van der Waals surface area contributed by atoms with Crippen molar-refractivity contribution in [3.8, 4) is 0 Å². The van der Waals surface area contributed by atoms with E-state index in [-0.39, 0.29) is 15.6 Å². The zero-order valence-corrected chi connectivity index (χ0v) is 13.8. The van der Waals surface area contributed by atoms with Crippen LogP contribution in [0.2, 0.25) is 5.02 Å². The van der Waals surface area contributed by atoms with Gasteiger partial charge >= 0.3 is 0 Å². The summed E-state index contributed by atoms with van der Waals surface area (Å²) in [7, 11) is -3.86. The van der Waals surface area contributed by atoms with E-state index in [1.807, 2.05) is 0 Å². The minimum atomic E-state index is -3.86. The van der Waals surface area contributed by atoms with Gasteiger partial charge in [-0.05, 0) is 31.5 Å². The first-order chi connectivity index (χ1) is 9.80. The van der Waals surface area contributed by atoms with Gasteiger partial charge in [-0.1, -0.05) is 31.4 Å². The Labute approximate surface area is 130 Å². The molecule has 1 amide bonds. The van der Waals surface area contributed by atoms with Crippen LogP contribution in [0.25, 0.3) is 0 Å². The van der Waals surface area contributed by atoms with Crippen molar-refractivity contribution in [2.24, 2.45) is 0 Å². The Morgan fingerprint density at radius 3 is 2.67 bits per heavy atom. The van der Waals surface area contributed by atoms with E-state index in [9.17, 15) is 13.2 Å². The summed E-state index contributed by atoms with van der Waals surface area (Å²) < 4.78 is 24.9. The van der Waals surface area contributed by atoms with E-state index < -0.39 is 21.0 Å². The summed E-state index contributed by atoms with van der Waals surface area (Å²) >= 11 is 5.91. The molecule has 21 heavy (non-hydrogen) atoms. The average molecular weight is 333 g/mol. The fourth-order valence-electron chi connectivity index (χ4n) is 1.80. The highest BCUT2D eigenvalue weighted by Gasteiger charge is 2.31. The Kier molecular flexibility index (Phi) is 6.48. The number of rotatable bonds is 7. The fourth-order valence-corrected chi connectivity index (χ4v) is 3.63. The zero-order valence-electron chi connectivity index (χ0n) is 12.2. The van der Waals surface area contributed by atoms with Crippen molar-refractivity contribution in [3.05, 3.63) is 23.2 Å². The van der Waals surface area contributed by atoms with E-state index in [1.165, 1.54) is 25.1 Å². The molecule has 1 unspecified atom stereocenters. The third-order valence-corrected chi connectivity index (χ3v) is 5.71. The van der Waals surface area contributed by atoms with Crippen LogP contribution in [-0.2, 0) is 14.6 Å². The van der Waals surface area contributed by atoms with Crippen molar-refractivity contribution >= 4 is 33.0 Å². The lowest BCUT2D eigenvalue weighted by atomic mass is 10.2. The van der Waals surface area contributed by atoms with Crippen molar-refractivity contribution in [1.29, 1.82) is 0 Å². The van der Waals surface area contributed by atoms with Gasteiger partial charge in [-0.25, -0.2) is 8.42 Å². The van der Waals surface area contributed by atoms with Gasteiger partial charge in [-0.15, -0.1) is 0 Å². The lowest BCUT2D eigenvalue weighted by Crippen LogP contribution is -2.38. The fraction of sp³-hybridized carbons (Fsp3) is 0.500. The molecule has 1 atom stereocenters. The van der Waals surface area contributed by atoms with Gasteiger partial charge in [0.05, 0.1) is 9.92 Å². The summed E-state index contributed by atoms with van der Waals surface area (Å²) in [5.74, 6) is -0.524. The van der Waals surface area contributed by atoms with Crippen molar-refractivity contribution in [3.63, 3.8) is 0 Å². The Bertz CT molecular complexity index is 602. The molecule has 0 aliphatic heterocycles. The molecular formula is C14H21ClN2O3S. The number of nitrogen functional groups attached to an aromatic ring is 1. The SMILES string of the molecule is CCCCCNC(=O)C(C)S(=O)(=O)c1cc(N)ccc1Cl. The summed E-state index contributed by atoms with van der Waals surface area (Å²) in [6.07, 6.45) is 2.85. The molecule has 0 heterocycles. The number of sulfone groups is 1. The lowest BCUT2D eigenvalue weighted by molar-refractivity contribution is -0.120. The summed E-state index contributed by atoms with van der Waals surface area (Å²) in [4.78, 5) is 11.8. The minimum Gasteiger partial charge on any atom is -0.399 e. The smallest absolute Gasteiger partial charge is 0.238 e. The first kappa shape index (κ1) is 17.8. The number of hydrogen-bond acceptors (Lipinski definition) is 4. The molecule has 0 spiro atoms. The van der Waals surface area contributed by atoms with Gasteiger partial charge in [0.1, 0.15) is 5.25 Å². The van der Waals surface area contributed by atoms with E-state index in [1.54, 1.807) is 0 Å². The third-order valence-electron chi connectivity index (χ3n) is 3.18. The van der Waals surface area contributed by atoms with Gasteiger partial charge in [0, 0.05) is 12.2 Å². The third kappa shape index (κ3) is 4.61. The zero-order chi connectivity index (χ0) is 16.0. The maximum atomic E-state index is 12.4. The molecule has 0 aliphatic carbocycles. The molecule has 0 radical (unpaired) electrons. The first-order valence-corrected chi connectivity index (χ1v) is 8.79. The molecule has 0 aliphatic rings. The first-order valence-electron chi connectivity index (χ1n) is 6.87. The molecule has 118 valence electrons. The number of unbranched alkanes of at least 4 members (excludes halogenated alkanes) is 2. The van der Waals surface area contributed by atoms with Crippen LogP contribution in [0.15, 0.2) is 23.1 Å². The molecule has 7 heteroatoms. The molecule has 1 aromatic carbocycles. The van der Waals surface area contributed by atoms with Crippen molar-refractivity contribution in [1.82, 2.24) is 5.32 Å². The summed E-state index contributed by atoms with van der Waals surface area (Å²) in [5, 5.41) is 1.49. The Hall–Kier alpha value is -1.27. The predicted octanol–water partition coefficient (Wildman–Crippen LogP) is 2.39. The van der Waals surface area contributed by atoms with Gasteiger partial charge in [0.25, 0.3) is 0 Å². The molecule has 0 fully saturated rings. The van der Waals surface area contributed by atoms with Crippen LogP contribution in [-0.4, -0.2) is 26.1 Å². The lowest BCUT2D eigenvalue weighted by Gasteiger charge is -2.14. The number of amides is 1. The van der Waals surface area contributed by atoms with Crippen LogP contribution < -0.4 is 11.1 Å². The van der Waals surface area contributed by atoms with Gasteiger partial charge in [0.2, 0.25) is 5.91 Å². The number of anilines is 1. The molecule has 3 N–H and O–H groups in total. The molecule has 0 saturated heterocycles. The van der Waals surface area contributed by atoms with E-state index in [2.05, 4.69) is 12.2 Å². The molecule has 1 aromatic rings. The molecular weight excluding hydrogens is 312 g/mol. The molecule has 5 nitrogen and oxygen atoms in total. The van der Waals surface area contributed by atoms with Crippen LogP contribution in [0, 0.1) is 0 Å². The molecule has 0 aromatic heterocycles. The Balaban J connectivity index is 2.86. The van der Waals surface area contributed by atoms with E-state index >= 15 is 0 Å². The highest BCUT2D eigenvalue weighted by atomic mass is 35.5. The maximum absolute atomic E-state index is 12.4. The molecule has 0 saturated carbocycles. The number of benzene rings is 1. The Morgan fingerprint density at radius 2 is 2.05 bits per heavy atom. The number of carbonyl (C=O) groups excluding carboxylic acids is 1. The van der Waals surface area contributed by atoms with Crippen molar-refractivity contribution in [2.75, 3.05) is 12.3 Å². The normalized spacial score (nSPS) is 12.9. The van der Waals surface area contributed by atoms with Crippen LogP contribution in [0.3, 0.4) is 0 Å². The minimum absolute atomic E-state index is 0.0647. The number of carbonyl (C=O) groups is 1. The van der Waals surface area contributed by atoms with Gasteiger partial charge in [-0.3, -0.25) is 4.79 Å². The number of nitrogens with two attached hydrogens (primary N) is 1. The topological polar surface area (TPSA) is 89.3 Å².